The summed E-state index contributed by atoms with van der Waals surface area (Å²) in [6.45, 7) is 2.04. The van der Waals surface area contributed by atoms with E-state index in [2.05, 4.69) is 9.97 Å². The number of methoxy groups -OCH3 is 1. The third kappa shape index (κ3) is 2.34. The van der Waals surface area contributed by atoms with Gasteiger partial charge >= 0.3 is 0 Å². The third-order valence-corrected chi connectivity index (χ3v) is 2.72. The van der Waals surface area contributed by atoms with Crippen LogP contribution in [0.2, 0.25) is 0 Å². The molecule has 2 rings (SSSR count). The number of hydrogen-bond acceptors (Lipinski definition) is 4. The summed E-state index contributed by atoms with van der Waals surface area (Å²) in [5, 5.41) is 0. The molecule has 5 heteroatoms. The standard InChI is InChI=1S/C13H15N3O2/c1-3-8-6-9(4-5-11(8)18-2)10-7-12(17)16-13(14)15-10/h4-7H,3H2,1-2H3,(H3,14,15,16,17). The van der Waals surface area contributed by atoms with Gasteiger partial charge in [-0.2, -0.15) is 0 Å². The number of ether oxygens (including phenoxy) is 1. The summed E-state index contributed by atoms with van der Waals surface area (Å²) < 4.78 is 5.26. The zero-order valence-corrected chi connectivity index (χ0v) is 10.4. The summed E-state index contributed by atoms with van der Waals surface area (Å²) in [7, 11) is 1.64. The fourth-order valence-corrected chi connectivity index (χ4v) is 1.84. The Balaban J connectivity index is 2.54. The first kappa shape index (κ1) is 12.2. The molecule has 1 heterocycles. The molecule has 0 atom stereocenters. The maximum absolute atomic E-state index is 11.4. The minimum absolute atomic E-state index is 0.117. The predicted molar refractivity (Wildman–Crippen MR) is 70.6 cm³/mol. The van der Waals surface area contributed by atoms with E-state index in [4.69, 9.17) is 10.5 Å². The Morgan fingerprint density at radius 2 is 2.17 bits per heavy atom. The Morgan fingerprint density at radius 1 is 1.39 bits per heavy atom. The number of nitrogens with two attached hydrogens (primary N) is 1. The predicted octanol–water partition coefficient (Wildman–Crippen LogP) is 1.59. The SMILES string of the molecule is CCc1cc(-c2cc(=O)[nH]c(N)n2)ccc1OC. The van der Waals surface area contributed by atoms with Crippen molar-refractivity contribution in [1.82, 2.24) is 9.97 Å². The molecule has 5 nitrogen and oxygen atoms in total. The van der Waals surface area contributed by atoms with Crippen LogP contribution >= 0.6 is 0 Å². The molecule has 2 aromatic rings. The Hall–Kier alpha value is -2.30. The molecule has 0 saturated heterocycles. The first-order chi connectivity index (χ1) is 8.63. The topological polar surface area (TPSA) is 81.0 Å². The maximum Gasteiger partial charge on any atom is 0.252 e. The van der Waals surface area contributed by atoms with Gasteiger partial charge < -0.3 is 10.5 Å². The Labute approximate surface area is 105 Å². The van der Waals surface area contributed by atoms with E-state index >= 15 is 0 Å². The Bertz CT molecular complexity index is 620. The zero-order chi connectivity index (χ0) is 13.1. The Morgan fingerprint density at radius 3 is 2.78 bits per heavy atom. The van der Waals surface area contributed by atoms with Gasteiger partial charge in [0.2, 0.25) is 5.95 Å². The number of aryl methyl sites for hydroxylation is 1. The van der Waals surface area contributed by atoms with E-state index in [1.807, 2.05) is 25.1 Å². The lowest BCUT2D eigenvalue weighted by Crippen LogP contribution is -2.10. The van der Waals surface area contributed by atoms with Gasteiger partial charge in [0, 0.05) is 11.6 Å². The molecular weight excluding hydrogens is 230 g/mol. The summed E-state index contributed by atoms with van der Waals surface area (Å²) >= 11 is 0. The van der Waals surface area contributed by atoms with Crippen LogP contribution in [0.5, 0.6) is 5.75 Å². The van der Waals surface area contributed by atoms with Gasteiger partial charge in [0.15, 0.2) is 0 Å². The molecule has 0 fully saturated rings. The van der Waals surface area contributed by atoms with Crippen molar-refractivity contribution in [2.24, 2.45) is 0 Å². The lowest BCUT2D eigenvalue weighted by molar-refractivity contribution is 0.410. The van der Waals surface area contributed by atoms with E-state index in [0.29, 0.717) is 5.69 Å². The number of nitrogens with one attached hydrogen (secondary N) is 1. The minimum Gasteiger partial charge on any atom is -0.496 e. The van der Waals surface area contributed by atoms with E-state index in [1.165, 1.54) is 6.07 Å². The molecule has 0 aliphatic carbocycles. The van der Waals surface area contributed by atoms with Gasteiger partial charge in [0.25, 0.3) is 5.56 Å². The van der Waals surface area contributed by atoms with Crippen LogP contribution in [0, 0.1) is 0 Å². The lowest BCUT2D eigenvalue weighted by atomic mass is 10.1. The molecule has 0 aliphatic heterocycles. The van der Waals surface area contributed by atoms with E-state index in [0.717, 1.165) is 23.3 Å². The molecule has 0 unspecified atom stereocenters. The first-order valence-corrected chi connectivity index (χ1v) is 5.68. The number of rotatable bonds is 3. The highest BCUT2D eigenvalue weighted by molar-refractivity contribution is 5.62. The van der Waals surface area contributed by atoms with Gasteiger partial charge in [-0.3, -0.25) is 9.78 Å². The fourth-order valence-electron chi connectivity index (χ4n) is 1.84. The number of hydrogen-bond donors (Lipinski definition) is 2. The maximum atomic E-state index is 11.4. The number of nitrogen functional groups attached to an aromatic ring is 1. The van der Waals surface area contributed by atoms with Gasteiger partial charge in [-0.05, 0) is 30.2 Å². The molecule has 0 saturated carbocycles. The normalized spacial score (nSPS) is 10.3. The van der Waals surface area contributed by atoms with Crippen molar-refractivity contribution in [3.05, 3.63) is 40.2 Å². The van der Waals surface area contributed by atoms with Gasteiger partial charge in [-0.25, -0.2) is 4.98 Å². The van der Waals surface area contributed by atoms with Crippen LogP contribution in [0.1, 0.15) is 12.5 Å². The third-order valence-electron chi connectivity index (χ3n) is 2.72. The number of benzene rings is 1. The second-order valence-electron chi connectivity index (χ2n) is 3.90. The zero-order valence-electron chi connectivity index (χ0n) is 10.4. The number of nitrogens with zero attached hydrogens (tertiary/aromatic N) is 1. The van der Waals surface area contributed by atoms with Crippen molar-refractivity contribution in [2.75, 3.05) is 12.8 Å². The molecule has 18 heavy (non-hydrogen) atoms. The second-order valence-corrected chi connectivity index (χ2v) is 3.90. The van der Waals surface area contributed by atoms with Crippen LogP contribution < -0.4 is 16.0 Å². The molecule has 0 bridgehead atoms. The number of anilines is 1. The molecule has 0 amide bonds. The van der Waals surface area contributed by atoms with Crippen molar-refractivity contribution in [1.29, 1.82) is 0 Å². The highest BCUT2D eigenvalue weighted by Gasteiger charge is 2.06. The van der Waals surface area contributed by atoms with E-state index in [9.17, 15) is 4.79 Å². The largest absolute Gasteiger partial charge is 0.496 e. The summed E-state index contributed by atoms with van der Waals surface area (Å²) in [6.07, 6.45) is 0.843. The molecule has 0 radical (unpaired) electrons. The van der Waals surface area contributed by atoms with Gasteiger partial charge in [-0.15, -0.1) is 0 Å². The summed E-state index contributed by atoms with van der Waals surface area (Å²) in [5.41, 5.74) is 7.76. The van der Waals surface area contributed by atoms with Crippen molar-refractivity contribution < 1.29 is 4.74 Å². The fraction of sp³-hybridized carbons (Fsp3) is 0.231. The number of aromatic amines is 1. The van der Waals surface area contributed by atoms with E-state index in [-0.39, 0.29) is 11.5 Å². The molecule has 1 aromatic carbocycles. The van der Waals surface area contributed by atoms with Crippen molar-refractivity contribution >= 4 is 5.95 Å². The smallest absolute Gasteiger partial charge is 0.252 e. The minimum atomic E-state index is -0.258. The van der Waals surface area contributed by atoms with Crippen molar-refractivity contribution in [3.8, 4) is 17.0 Å². The monoisotopic (exact) mass is 245 g/mol. The highest BCUT2D eigenvalue weighted by atomic mass is 16.5. The molecule has 94 valence electrons. The van der Waals surface area contributed by atoms with Crippen LogP contribution in [0.25, 0.3) is 11.3 Å². The van der Waals surface area contributed by atoms with Crippen molar-refractivity contribution in [3.63, 3.8) is 0 Å². The number of H-pyrrole nitrogens is 1. The average Bonchev–Trinajstić information content (AvgIpc) is 2.36. The highest BCUT2D eigenvalue weighted by Crippen LogP contribution is 2.25. The quantitative estimate of drug-likeness (QED) is 0.860. The average molecular weight is 245 g/mol. The molecule has 0 spiro atoms. The first-order valence-electron chi connectivity index (χ1n) is 5.68. The lowest BCUT2D eigenvalue weighted by Gasteiger charge is -2.09. The van der Waals surface area contributed by atoms with Crippen LogP contribution in [0.4, 0.5) is 5.95 Å². The van der Waals surface area contributed by atoms with Crippen LogP contribution in [-0.2, 0) is 6.42 Å². The van der Waals surface area contributed by atoms with E-state index < -0.39 is 0 Å². The summed E-state index contributed by atoms with van der Waals surface area (Å²) in [4.78, 5) is 17.9. The van der Waals surface area contributed by atoms with Gasteiger partial charge in [0.1, 0.15) is 5.75 Å². The Kier molecular flexibility index (Phi) is 3.32. The van der Waals surface area contributed by atoms with E-state index in [1.54, 1.807) is 7.11 Å². The number of aromatic nitrogens is 2. The van der Waals surface area contributed by atoms with Crippen LogP contribution in [0.3, 0.4) is 0 Å². The van der Waals surface area contributed by atoms with Crippen LogP contribution in [0.15, 0.2) is 29.1 Å². The van der Waals surface area contributed by atoms with Crippen molar-refractivity contribution in [2.45, 2.75) is 13.3 Å². The molecule has 3 N–H and O–H groups in total. The summed E-state index contributed by atoms with van der Waals surface area (Å²) in [5.74, 6) is 0.949. The van der Waals surface area contributed by atoms with Gasteiger partial charge in [-0.1, -0.05) is 6.92 Å². The van der Waals surface area contributed by atoms with Crippen LogP contribution in [-0.4, -0.2) is 17.1 Å². The molecule has 0 aliphatic rings. The second kappa shape index (κ2) is 4.91. The van der Waals surface area contributed by atoms with Gasteiger partial charge in [0.05, 0.1) is 12.8 Å². The molecular formula is C13H15N3O2. The molecule has 1 aromatic heterocycles. The summed E-state index contributed by atoms with van der Waals surface area (Å²) in [6, 6.07) is 7.12.